The highest BCUT2D eigenvalue weighted by Gasteiger charge is 2.50. The molecule has 0 bridgehead atoms. The Morgan fingerprint density at radius 1 is 0.857 bits per heavy atom. The number of aromatic nitrogens is 2. The molecule has 2 fully saturated rings. The van der Waals surface area contributed by atoms with Gasteiger partial charge in [0.25, 0.3) is 0 Å². The van der Waals surface area contributed by atoms with E-state index in [1.54, 1.807) is 12.4 Å². The predicted molar refractivity (Wildman–Crippen MR) is 52.2 cm³/mol. The average molecular weight is 190 g/mol. The van der Waals surface area contributed by atoms with E-state index in [0.717, 1.165) is 37.1 Å². The van der Waals surface area contributed by atoms with E-state index in [2.05, 4.69) is 9.97 Å². The molecule has 0 radical (unpaired) electrons. The van der Waals surface area contributed by atoms with Crippen LogP contribution in [0.25, 0.3) is 0 Å². The molecule has 0 atom stereocenters. The molecule has 2 aliphatic rings. The fraction of sp³-hybridized carbons (Fsp3) is 0.600. The van der Waals surface area contributed by atoms with Gasteiger partial charge >= 0.3 is 0 Å². The van der Waals surface area contributed by atoms with Crippen molar-refractivity contribution in [3.8, 4) is 0 Å². The van der Waals surface area contributed by atoms with E-state index in [1.807, 2.05) is 0 Å². The third kappa shape index (κ3) is 1.07. The Bertz CT molecular complexity index is 342. The summed E-state index contributed by atoms with van der Waals surface area (Å²) in [5.41, 5.74) is 13.7. The summed E-state index contributed by atoms with van der Waals surface area (Å²) in [5.74, 6) is 0. The Morgan fingerprint density at radius 3 is 1.50 bits per heavy atom. The van der Waals surface area contributed by atoms with Crippen LogP contribution in [0, 0.1) is 0 Å². The zero-order valence-corrected chi connectivity index (χ0v) is 8.03. The molecule has 3 rings (SSSR count). The van der Waals surface area contributed by atoms with Crippen molar-refractivity contribution in [2.45, 2.75) is 36.8 Å². The SMILES string of the molecule is NC1(c2nccnc2C2(N)CC2)CC1. The standard InChI is InChI=1S/C10H14N4/c11-9(1-2-9)7-8(10(12)3-4-10)14-6-5-13-7/h5-6H,1-4,11-12H2. The smallest absolute Gasteiger partial charge is 0.0836 e. The lowest BCUT2D eigenvalue weighted by atomic mass is 10.0. The maximum atomic E-state index is 6.14. The zero-order chi connectivity index (χ0) is 9.81. The molecule has 0 aromatic carbocycles. The van der Waals surface area contributed by atoms with Crippen molar-refractivity contribution in [1.29, 1.82) is 0 Å². The van der Waals surface area contributed by atoms with E-state index in [0.29, 0.717) is 0 Å². The van der Waals surface area contributed by atoms with Gasteiger partial charge < -0.3 is 11.5 Å². The van der Waals surface area contributed by atoms with Crippen LogP contribution in [0.3, 0.4) is 0 Å². The number of hydrogen-bond donors (Lipinski definition) is 2. The Balaban J connectivity index is 2.10. The summed E-state index contributed by atoms with van der Waals surface area (Å²) < 4.78 is 0. The van der Waals surface area contributed by atoms with E-state index in [9.17, 15) is 0 Å². The predicted octanol–water partition coefficient (Wildman–Crippen LogP) is 0.372. The summed E-state index contributed by atoms with van der Waals surface area (Å²) in [4.78, 5) is 8.70. The van der Waals surface area contributed by atoms with Gasteiger partial charge in [-0.2, -0.15) is 0 Å². The van der Waals surface area contributed by atoms with Crippen LogP contribution >= 0.6 is 0 Å². The van der Waals surface area contributed by atoms with Gasteiger partial charge in [0.2, 0.25) is 0 Å². The highest BCUT2D eigenvalue weighted by atomic mass is 15.0. The molecule has 0 unspecified atom stereocenters. The van der Waals surface area contributed by atoms with Crippen molar-refractivity contribution >= 4 is 0 Å². The second-order valence-corrected chi connectivity index (χ2v) is 4.57. The molecule has 0 spiro atoms. The molecule has 0 amide bonds. The Labute approximate surface area is 82.7 Å². The zero-order valence-electron chi connectivity index (χ0n) is 8.03. The maximum absolute atomic E-state index is 6.14. The van der Waals surface area contributed by atoms with Crippen LogP contribution in [-0.2, 0) is 11.1 Å². The first-order chi connectivity index (χ1) is 6.64. The monoisotopic (exact) mass is 190 g/mol. The van der Waals surface area contributed by atoms with Crippen molar-refractivity contribution in [2.75, 3.05) is 0 Å². The first-order valence-corrected chi connectivity index (χ1v) is 5.04. The maximum Gasteiger partial charge on any atom is 0.0836 e. The van der Waals surface area contributed by atoms with Crippen molar-refractivity contribution in [3.05, 3.63) is 23.8 Å². The molecule has 1 aromatic rings. The molecule has 14 heavy (non-hydrogen) atoms. The van der Waals surface area contributed by atoms with Crippen molar-refractivity contribution in [2.24, 2.45) is 11.5 Å². The summed E-state index contributed by atoms with van der Waals surface area (Å²) in [6, 6.07) is 0. The highest BCUT2D eigenvalue weighted by Crippen LogP contribution is 2.49. The van der Waals surface area contributed by atoms with Gasteiger partial charge in [-0.05, 0) is 25.7 Å². The average Bonchev–Trinajstić information content (AvgIpc) is 3.08. The summed E-state index contributed by atoms with van der Waals surface area (Å²) in [5, 5.41) is 0. The molecule has 4 nitrogen and oxygen atoms in total. The van der Waals surface area contributed by atoms with Gasteiger partial charge in [-0.1, -0.05) is 0 Å². The minimum Gasteiger partial charge on any atom is -0.320 e. The largest absolute Gasteiger partial charge is 0.320 e. The van der Waals surface area contributed by atoms with E-state index in [1.165, 1.54) is 0 Å². The van der Waals surface area contributed by atoms with Crippen LogP contribution in [-0.4, -0.2) is 9.97 Å². The molecule has 1 aromatic heterocycles. The number of hydrogen-bond acceptors (Lipinski definition) is 4. The fourth-order valence-corrected chi connectivity index (χ4v) is 1.81. The van der Waals surface area contributed by atoms with Crippen LogP contribution in [0.5, 0.6) is 0 Å². The van der Waals surface area contributed by atoms with Gasteiger partial charge in [0.15, 0.2) is 0 Å². The molecule has 2 aliphatic carbocycles. The van der Waals surface area contributed by atoms with Crippen molar-refractivity contribution in [3.63, 3.8) is 0 Å². The molecule has 4 N–H and O–H groups in total. The Hall–Kier alpha value is -1.00. The van der Waals surface area contributed by atoms with Crippen LogP contribution in [0.2, 0.25) is 0 Å². The van der Waals surface area contributed by atoms with Crippen LogP contribution < -0.4 is 11.5 Å². The van der Waals surface area contributed by atoms with Crippen molar-refractivity contribution < 1.29 is 0 Å². The Morgan fingerprint density at radius 2 is 1.21 bits per heavy atom. The highest BCUT2D eigenvalue weighted by molar-refractivity contribution is 5.34. The van der Waals surface area contributed by atoms with Gasteiger partial charge in [-0.25, -0.2) is 0 Å². The van der Waals surface area contributed by atoms with E-state index >= 15 is 0 Å². The summed E-state index contributed by atoms with van der Waals surface area (Å²) in [6.45, 7) is 0. The second kappa shape index (κ2) is 2.32. The van der Waals surface area contributed by atoms with Crippen LogP contribution in [0.4, 0.5) is 0 Å². The van der Waals surface area contributed by atoms with Gasteiger partial charge in [0.05, 0.1) is 22.5 Å². The van der Waals surface area contributed by atoms with Gasteiger partial charge in [-0.3, -0.25) is 9.97 Å². The summed E-state index contributed by atoms with van der Waals surface area (Å²) in [6.07, 6.45) is 7.45. The van der Waals surface area contributed by atoms with Crippen LogP contribution in [0.15, 0.2) is 12.4 Å². The minimum absolute atomic E-state index is 0.224. The molecule has 2 saturated carbocycles. The molecule has 1 heterocycles. The summed E-state index contributed by atoms with van der Waals surface area (Å²) >= 11 is 0. The van der Waals surface area contributed by atoms with E-state index in [-0.39, 0.29) is 11.1 Å². The minimum atomic E-state index is -0.224. The van der Waals surface area contributed by atoms with Gasteiger partial charge in [-0.15, -0.1) is 0 Å². The molecule has 0 aliphatic heterocycles. The third-order valence-corrected chi connectivity index (χ3v) is 3.22. The quantitative estimate of drug-likeness (QED) is 0.706. The number of nitrogens with two attached hydrogens (primary N) is 2. The third-order valence-electron chi connectivity index (χ3n) is 3.22. The molecular weight excluding hydrogens is 176 g/mol. The van der Waals surface area contributed by atoms with Gasteiger partial charge in [0, 0.05) is 12.4 Å². The Kier molecular flexibility index (Phi) is 1.38. The topological polar surface area (TPSA) is 77.8 Å². The number of rotatable bonds is 2. The van der Waals surface area contributed by atoms with E-state index < -0.39 is 0 Å². The fourth-order valence-electron chi connectivity index (χ4n) is 1.81. The molecule has 74 valence electrons. The number of nitrogens with zero attached hydrogens (tertiary/aromatic N) is 2. The molecule has 4 heteroatoms. The second-order valence-electron chi connectivity index (χ2n) is 4.57. The van der Waals surface area contributed by atoms with E-state index in [4.69, 9.17) is 11.5 Å². The summed E-state index contributed by atoms with van der Waals surface area (Å²) in [7, 11) is 0. The molecular formula is C10H14N4. The lowest BCUT2D eigenvalue weighted by molar-refractivity contribution is 0.621. The first-order valence-electron chi connectivity index (χ1n) is 5.04. The normalized spacial score (nSPS) is 25.9. The first kappa shape index (κ1) is 8.32. The molecule has 0 saturated heterocycles. The van der Waals surface area contributed by atoms with Crippen molar-refractivity contribution in [1.82, 2.24) is 9.97 Å². The van der Waals surface area contributed by atoms with Crippen LogP contribution in [0.1, 0.15) is 37.1 Å². The lowest BCUT2D eigenvalue weighted by Gasteiger charge is -2.16. The lowest BCUT2D eigenvalue weighted by Crippen LogP contribution is -2.30. The van der Waals surface area contributed by atoms with Gasteiger partial charge in [0.1, 0.15) is 0 Å².